The number of nitrogens with zero attached hydrogens (tertiary/aromatic N) is 1. The van der Waals surface area contributed by atoms with Crippen LogP contribution in [0.1, 0.15) is 24.2 Å². The van der Waals surface area contributed by atoms with E-state index in [-0.39, 0.29) is 17.0 Å². The lowest BCUT2D eigenvalue weighted by atomic mass is 9.84. The van der Waals surface area contributed by atoms with Gasteiger partial charge in [-0.25, -0.2) is 4.39 Å². The van der Waals surface area contributed by atoms with E-state index in [1.165, 1.54) is 6.07 Å². The van der Waals surface area contributed by atoms with Gasteiger partial charge in [0.05, 0.1) is 5.56 Å². The first-order valence-electron chi connectivity index (χ1n) is 6.89. The maximum atomic E-state index is 14.0. The summed E-state index contributed by atoms with van der Waals surface area (Å²) in [5, 5.41) is 3.38. The molecule has 0 saturated carbocycles. The highest BCUT2D eigenvalue weighted by atomic mass is 79.9. The Morgan fingerprint density at radius 3 is 2.85 bits per heavy atom. The number of carbonyl (C=O) groups is 1. The lowest BCUT2D eigenvalue weighted by molar-refractivity contribution is 0.0597. The Morgan fingerprint density at radius 2 is 2.20 bits per heavy atom. The van der Waals surface area contributed by atoms with Crippen molar-refractivity contribution in [3.05, 3.63) is 34.1 Å². The zero-order chi connectivity index (χ0) is 14.5. The number of hydrogen-bond donors (Lipinski definition) is 1. The smallest absolute Gasteiger partial charge is 0.258 e. The molecule has 3 nitrogen and oxygen atoms in total. The molecule has 5 heteroatoms. The molecule has 0 spiro atoms. The van der Waals surface area contributed by atoms with Crippen molar-refractivity contribution in [3.8, 4) is 0 Å². The summed E-state index contributed by atoms with van der Waals surface area (Å²) in [4.78, 5) is 14.6. The third-order valence-electron chi connectivity index (χ3n) is 4.78. The molecule has 2 aliphatic rings. The van der Waals surface area contributed by atoms with Gasteiger partial charge in [0, 0.05) is 29.6 Å². The molecule has 2 saturated heterocycles. The van der Waals surface area contributed by atoms with Crippen LogP contribution in [0.3, 0.4) is 0 Å². The SMILES string of the molecule is CC1(C)C2CNCC2CN1C(=O)c1c(F)cccc1Br. The highest BCUT2D eigenvalue weighted by molar-refractivity contribution is 9.10. The molecule has 108 valence electrons. The Hall–Kier alpha value is -0.940. The van der Waals surface area contributed by atoms with E-state index in [0.29, 0.717) is 22.9 Å². The fourth-order valence-electron chi connectivity index (χ4n) is 3.60. The molecule has 2 fully saturated rings. The first-order chi connectivity index (χ1) is 9.43. The van der Waals surface area contributed by atoms with Crippen molar-refractivity contribution in [2.75, 3.05) is 19.6 Å². The molecule has 3 rings (SSSR count). The normalized spacial score (nSPS) is 27.7. The molecule has 1 N–H and O–H groups in total. The maximum Gasteiger partial charge on any atom is 0.258 e. The van der Waals surface area contributed by atoms with Crippen LogP contribution >= 0.6 is 15.9 Å². The number of benzene rings is 1. The standard InChI is InChI=1S/C15H18BrFN2O/c1-15(2)10-7-18-6-9(10)8-19(15)14(20)13-11(16)4-3-5-12(13)17/h3-5,9-10,18H,6-8H2,1-2H3. The van der Waals surface area contributed by atoms with E-state index in [0.717, 1.165) is 13.1 Å². The van der Waals surface area contributed by atoms with Gasteiger partial charge in [0.1, 0.15) is 5.82 Å². The number of likely N-dealkylation sites (tertiary alicyclic amines) is 1. The van der Waals surface area contributed by atoms with Gasteiger partial charge in [0.25, 0.3) is 5.91 Å². The Morgan fingerprint density at radius 1 is 1.45 bits per heavy atom. The average Bonchev–Trinajstić information content (AvgIpc) is 2.91. The first kappa shape index (κ1) is 14.0. The molecule has 0 bridgehead atoms. The van der Waals surface area contributed by atoms with E-state index in [1.54, 1.807) is 12.1 Å². The molecule has 20 heavy (non-hydrogen) atoms. The number of nitrogens with one attached hydrogen (secondary N) is 1. The molecule has 0 aromatic heterocycles. The van der Waals surface area contributed by atoms with Crippen LogP contribution in [0.15, 0.2) is 22.7 Å². The van der Waals surface area contributed by atoms with Crippen molar-refractivity contribution in [2.24, 2.45) is 11.8 Å². The van der Waals surface area contributed by atoms with Crippen LogP contribution in [0.25, 0.3) is 0 Å². The van der Waals surface area contributed by atoms with Crippen LogP contribution in [0.4, 0.5) is 4.39 Å². The average molecular weight is 341 g/mol. The second-order valence-electron chi connectivity index (χ2n) is 6.19. The van der Waals surface area contributed by atoms with Crippen LogP contribution in [0, 0.1) is 17.7 Å². The minimum absolute atomic E-state index is 0.147. The topological polar surface area (TPSA) is 32.3 Å². The van der Waals surface area contributed by atoms with Gasteiger partial charge in [-0.2, -0.15) is 0 Å². The van der Waals surface area contributed by atoms with Crippen LogP contribution in [0.2, 0.25) is 0 Å². The largest absolute Gasteiger partial charge is 0.333 e. The number of hydrogen-bond acceptors (Lipinski definition) is 2. The van der Waals surface area contributed by atoms with Gasteiger partial charge in [-0.1, -0.05) is 6.07 Å². The van der Waals surface area contributed by atoms with E-state index in [1.807, 2.05) is 4.90 Å². The van der Waals surface area contributed by atoms with Gasteiger partial charge in [-0.05, 0) is 53.7 Å². The predicted octanol–water partition coefficient (Wildman–Crippen LogP) is 2.66. The van der Waals surface area contributed by atoms with E-state index >= 15 is 0 Å². The van der Waals surface area contributed by atoms with Crippen molar-refractivity contribution in [2.45, 2.75) is 19.4 Å². The zero-order valence-corrected chi connectivity index (χ0v) is 13.2. The van der Waals surface area contributed by atoms with Crippen LogP contribution < -0.4 is 5.32 Å². The van der Waals surface area contributed by atoms with E-state index in [4.69, 9.17) is 0 Å². The first-order valence-corrected chi connectivity index (χ1v) is 7.69. The summed E-state index contributed by atoms with van der Waals surface area (Å²) < 4.78 is 14.5. The minimum atomic E-state index is -0.463. The highest BCUT2D eigenvalue weighted by Gasteiger charge is 2.51. The number of amides is 1. The predicted molar refractivity (Wildman–Crippen MR) is 79.1 cm³/mol. The molecule has 2 heterocycles. The second-order valence-corrected chi connectivity index (χ2v) is 7.05. The fraction of sp³-hybridized carbons (Fsp3) is 0.533. The monoisotopic (exact) mass is 340 g/mol. The summed E-state index contributed by atoms with van der Waals surface area (Å²) in [6.07, 6.45) is 0. The molecule has 2 aliphatic heterocycles. The van der Waals surface area contributed by atoms with Crippen molar-refractivity contribution < 1.29 is 9.18 Å². The molecule has 1 amide bonds. The van der Waals surface area contributed by atoms with Crippen LogP contribution in [0.5, 0.6) is 0 Å². The van der Waals surface area contributed by atoms with Gasteiger partial charge in [0.15, 0.2) is 0 Å². The Balaban J connectivity index is 1.96. The Labute approximate surface area is 126 Å². The molecule has 0 radical (unpaired) electrons. The molecule has 0 aliphatic carbocycles. The van der Waals surface area contributed by atoms with E-state index < -0.39 is 5.82 Å². The van der Waals surface area contributed by atoms with E-state index in [2.05, 4.69) is 35.1 Å². The number of carbonyl (C=O) groups excluding carboxylic acids is 1. The Kier molecular flexibility index (Phi) is 3.37. The third-order valence-corrected chi connectivity index (χ3v) is 5.44. The second kappa shape index (κ2) is 4.81. The number of rotatable bonds is 1. The minimum Gasteiger partial charge on any atom is -0.333 e. The van der Waals surface area contributed by atoms with Crippen molar-refractivity contribution in [1.29, 1.82) is 0 Å². The van der Waals surface area contributed by atoms with Crippen molar-refractivity contribution >= 4 is 21.8 Å². The summed E-state index contributed by atoms with van der Waals surface area (Å²) in [6, 6.07) is 4.65. The molecular formula is C15H18BrFN2O. The van der Waals surface area contributed by atoms with Crippen LogP contribution in [-0.4, -0.2) is 36.0 Å². The van der Waals surface area contributed by atoms with Gasteiger partial charge in [0.2, 0.25) is 0 Å². The highest BCUT2D eigenvalue weighted by Crippen LogP contribution is 2.41. The summed E-state index contributed by atoms with van der Waals surface area (Å²) in [7, 11) is 0. The van der Waals surface area contributed by atoms with E-state index in [9.17, 15) is 9.18 Å². The van der Waals surface area contributed by atoms with Crippen molar-refractivity contribution in [3.63, 3.8) is 0 Å². The van der Waals surface area contributed by atoms with Crippen LogP contribution in [-0.2, 0) is 0 Å². The van der Waals surface area contributed by atoms with Gasteiger partial charge < -0.3 is 10.2 Å². The van der Waals surface area contributed by atoms with Crippen molar-refractivity contribution in [1.82, 2.24) is 10.2 Å². The van der Waals surface area contributed by atoms with Gasteiger partial charge in [-0.3, -0.25) is 4.79 Å². The molecule has 2 atom stereocenters. The summed E-state index contributed by atoms with van der Waals surface area (Å²) in [5.41, 5.74) is -0.0963. The molecule has 1 aromatic carbocycles. The lowest BCUT2D eigenvalue weighted by Crippen LogP contribution is -2.47. The molecule has 2 unspecified atom stereocenters. The quantitative estimate of drug-likeness (QED) is 0.852. The zero-order valence-electron chi connectivity index (χ0n) is 11.6. The Bertz CT molecular complexity index is 541. The molecular weight excluding hydrogens is 323 g/mol. The fourth-order valence-corrected chi connectivity index (χ4v) is 4.11. The lowest BCUT2D eigenvalue weighted by Gasteiger charge is -2.35. The van der Waals surface area contributed by atoms with Gasteiger partial charge in [-0.15, -0.1) is 0 Å². The maximum absolute atomic E-state index is 14.0. The number of fused-ring (bicyclic) bond motifs is 1. The number of halogens is 2. The summed E-state index contributed by atoms with van der Waals surface area (Å²) in [6.45, 7) is 6.73. The molecule has 1 aromatic rings. The summed E-state index contributed by atoms with van der Waals surface area (Å²) in [5.74, 6) is 0.237. The third kappa shape index (κ3) is 1.99. The summed E-state index contributed by atoms with van der Waals surface area (Å²) >= 11 is 3.29. The van der Waals surface area contributed by atoms with Gasteiger partial charge >= 0.3 is 0 Å².